The Kier molecular flexibility index (Phi) is 8.54. The van der Waals surface area contributed by atoms with E-state index in [0.29, 0.717) is 19.2 Å². The standard InChI is InChI=1S/C13H22N2O2.ClH/c1-11(10-14)15(2)8-9-17-13-6-4-12(16-3)5-7-13;/h4-7,11H,8-10,14H2,1-3H3;1H. The van der Waals surface area contributed by atoms with Crippen molar-refractivity contribution < 1.29 is 9.47 Å². The second kappa shape index (κ2) is 9.03. The Morgan fingerprint density at radius 2 is 1.78 bits per heavy atom. The molecular weight excluding hydrogens is 252 g/mol. The maximum absolute atomic E-state index is 5.63. The number of hydrogen-bond acceptors (Lipinski definition) is 4. The molecule has 1 aromatic rings. The average molecular weight is 275 g/mol. The lowest BCUT2D eigenvalue weighted by Crippen LogP contribution is -2.37. The van der Waals surface area contributed by atoms with Crippen LogP contribution in [0.25, 0.3) is 0 Å². The SMILES string of the molecule is COc1ccc(OCCN(C)C(C)CN)cc1.Cl. The van der Waals surface area contributed by atoms with Gasteiger partial charge in [-0.2, -0.15) is 0 Å². The van der Waals surface area contributed by atoms with Gasteiger partial charge < -0.3 is 15.2 Å². The average Bonchev–Trinajstić information content (AvgIpc) is 2.38. The van der Waals surface area contributed by atoms with Crippen molar-refractivity contribution in [3.05, 3.63) is 24.3 Å². The summed E-state index contributed by atoms with van der Waals surface area (Å²) in [6.45, 7) is 4.30. The van der Waals surface area contributed by atoms with Gasteiger partial charge in [-0.3, -0.25) is 4.90 Å². The van der Waals surface area contributed by atoms with Crippen molar-refractivity contribution in [3.8, 4) is 11.5 Å². The fraction of sp³-hybridized carbons (Fsp3) is 0.538. The third-order valence-corrected chi connectivity index (χ3v) is 2.87. The monoisotopic (exact) mass is 274 g/mol. The fourth-order valence-electron chi connectivity index (χ4n) is 1.38. The lowest BCUT2D eigenvalue weighted by atomic mass is 10.3. The Bertz CT molecular complexity index is 319. The topological polar surface area (TPSA) is 47.7 Å². The molecule has 0 aliphatic heterocycles. The van der Waals surface area contributed by atoms with Crippen molar-refractivity contribution in [1.29, 1.82) is 0 Å². The highest BCUT2D eigenvalue weighted by molar-refractivity contribution is 5.85. The minimum absolute atomic E-state index is 0. The van der Waals surface area contributed by atoms with Gasteiger partial charge in [-0.15, -0.1) is 12.4 Å². The van der Waals surface area contributed by atoms with Gasteiger partial charge in [0.05, 0.1) is 7.11 Å². The summed E-state index contributed by atoms with van der Waals surface area (Å²) in [5.74, 6) is 1.70. The van der Waals surface area contributed by atoms with Gasteiger partial charge in [0.15, 0.2) is 0 Å². The Hall–Kier alpha value is -0.970. The molecule has 0 fully saturated rings. The Morgan fingerprint density at radius 1 is 1.22 bits per heavy atom. The van der Waals surface area contributed by atoms with Crippen LogP contribution >= 0.6 is 12.4 Å². The first-order valence-electron chi connectivity index (χ1n) is 5.84. The molecule has 1 rings (SSSR count). The molecule has 0 heterocycles. The number of ether oxygens (including phenoxy) is 2. The third kappa shape index (κ3) is 5.58. The molecule has 0 radical (unpaired) electrons. The van der Waals surface area contributed by atoms with Crippen molar-refractivity contribution >= 4 is 12.4 Å². The molecule has 0 bridgehead atoms. The van der Waals surface area contributed by atoms with Crippen LogP contribution in [0.15, 0.2) is 24.3 Å². The first kappa shape index (κ1) is 17.0. The molecule has 0 saturated carbocycles. The van der Waals surface area contributed by atoms with Gasteiger partial charge in [-0.25, -0.2) is 0 Å². The van der Waals surface area contributed by atoms with E-state index in [-0.39, 0.29) is 12.4 Å². The molecule has 4 nitrogen and oxygen atoms in total. The molecule has 0 amide bonds. The number of methoxy groups -OCH3 is 1. The molecule has 1 unspecified atom stereocenters. The number of likely N-dealkylation sites (N-methyl/N-ethyl adjacent to an activating group) is 1. The van der Waals surface area contributed by atoms with Gasteiger partial charge >= 0.3 is 0 Å². The highest BCUT2D eigenvalue weighted by Crippen LogP contribution is 2.16. The molecule has 0 saturated heterocycles. The minimum atomic E-state index is 0. The van der Waals surface area contributed by atoms with Crippen LogP contribution in [-0.4, -0.2) is 44.8 Å². The molecular formula is C13H23ClN2O2. The lowest BCUT2D eigenvalue weighted by Gasteiger charge is -2.23. The van der Waals surface area contributed by atoms with E-state index in [2.05, 4.69) is 18.9 Å². The summed E-state index contributed by atoms with van der Waals surface area (Å²) in [7, 11) is 3.70. The maximum atomic E-state index is 5.63. The molecule has 0 aliphatic carbocycles. The predicted molar refractivity (Wildman–Crippen MR) is 76.9 cm³/mol. The zero-order chi connectivity index (χ0) is 12.7. The molecule has 5 heteroatoms. The summed E-state index contributed by atoms with van der Waals surface area (Å²) in [5.41, 5.74) is 5.59. The van der Waals surface area contributed by atoms with Gasteiger partial charge in [0.25, 0.3) is 0 Å². The van der Waals surface area contributed by atoms with Crippen molar-refractivity contribution in [1.82, 2.24) is 4.90 Å². The van der Waals surface area contributed by atoms with E-state index in [1.807, 2.05) is 24.3 Å². The van der Waals surface area contributed by atoms with Gasteiger partial charge in [0.2, 0.25) is 0 Å². The number of rotatable bonds is 7. The molecule has 0 aromatic heterocycles. The number of halogens is 1. The lowest BCUT2D eigenvalue weighted by molar-refractivity contribution is 0.203. The molecule has 1 aromatic carbocycles. The predicted octanol–water partition coefficient (Wildman–Crippen LogP) is 1.77. The second-order valence-corrected chi connectivity index (χ2v) is 4.09. The van der Waals surface area contributed by atoms with E-state index in [0.717, 1.165) is 18.0 Å². The number of nitrogens with two attached hydrogens (primary N) is 1. The largest absolute Gasteiger partial charge is 0.497 e. The number of nitrogens with zero attached hydrogens (tertiary/aromatic N) is 1. The Balaban J connectivity index is 0.00000289. The summed E-state index contributed by atoms with van der Waals surface area (Å²) >= 11 is 0. The van der Waals surface area contributed by atoms with Crippen LogP contribution in [0.5, 0.6) is 11.5 Å². The van der Waals surface area contributed by atoms with Gasteiger partial charge in [0.1, 0.15) is 18.1 Å². The van der Waals surface area contributed by atoms with Crippen LogP contribution in [-0.2, 0) is 0 Å². The maximum Gasteiger partial charge on any atom is 0.119 e. The molecule has 104 valence electrons. The highest BCUT2D eigenvalue weighted by atomic mass is 35.5. The molecule has 1 atom stereocenters. The van der Waals surface area contributed by atoms with E-state index in [4.69, 9.17) is 15.2 Å². The van der Waals surface area contributed by atoms with Crippen molar-refractivity contribution in [2.24, 2.45) is 5.73 Å². The first-order valence-corrected chi connectivity index (χ1v) is 5.84. The van der Waals surface area contributed by atoms with Crippen LogP contribution in [0, 0.1) is 0 Å². The molecule has 2 N–H and O–H groups in total. The molecule has 0 spiro atoms. The normalized spacial score (nSPS) is 11.8. The van der Waals surface area contributed by atoms with Crippen LogP contribution in [0.1, 0.15) is 6.92 Å². The van der Waals surface area contributed by atoms with Crippen molar-refractivity contribution in [3.63, 3.8) is 0 Å². The molecule has 0 aliphatic rings. The van der Waals surface area contributed by atoms with Crippen molar-refractivity contribution in [2.75, 3.05) is 33.9 Å². The summed E-state index contributed by atoms with van der Waals surface area (Å²) in [6, 6.07) is 7.98. The van der Waals surface area contributed by atoms with E-state index < -0.39 is 0 Å². The quantitative estimate of drug-likeness (QED) is 0.823. The van der Waals surface area contributed by atoms with E-state index in [1.54, 1.807) is 7.11 Å². The molecule has 18 heavy (non-hydrogen) atoms. The minimum Gasteiger partial charge on any atom is -0.497 e. The number of hydrogen-bond donors (Lipinski definition) is 1. The third-order valence-electron chi connectivity index (χ3n) is 2.87. The van der Waals surface area contributed by atoms with Gasteiger partial charge in [0, 0.05) is 19.1 Å². The first-order chi connectivity index (χ1) is 8.17. The van der Waals surface area contributed by atoms with E-state index in [9.17, 15) is 0 Å². The van der Waals surface area contributed by atoms with Crippen LogP contribution < -0.4 is 15.2 Å². The van der Waals surface area contributed by atoms with Crippen LogP contribution in [0.3, 0.4) is 0 Å². The zero-order valence-corrected chi connectivity index (χ0v) is 12.1. The van der Waals surface area contributed by atoms with Gasteiger partial charge in [-0.1, -0.05) is 0 Å². The summed E-state index contributed by atoms with van der Waals surface area (Å²) in [6.07, 6.45) is 0. The van der Waals surface area contributed by atoms with Crippen LogP contribution in [0.4, 0.5) is 0 Å². The van der Waals surface area contributed by atoms with Crippen molar-refractivity contribution in [2.45, 2.75) is 13.0 Å². The van der Waals surface area contributed by atoms with Crippen LogP contribution in [0.2, 0.25) is 0 Å². The summed E-state index contributed by atoms with van der Waals surface area (Å²) < 4.78 is 10.7. The number of benzene rings is 1. The van der Waals surface area contributed by atoms with Gasteiger partial charge in [-0.05, 0) is 38.2 Å². The second-order valence-electron chi connectivity index (χ2n) is 4.09. The zero-order valence-electron chi connectivity index (χ0n) is 11.3. The summed E-state index contributed by atoms with van der Waals surface area (Å²) in [5, 5.41) is 0. The smallest absolute Gasteiger partial charge is 0.119 e. The fourth-order valence-corrected chi connectivity index (χ4v) is 1.38. The Labute approximate surface area is 115 Å². The van der Waals surface area contributed by atoms with E-state index >= 15 is 0 Å². The Morgan fingerprint density at radius 3 is 2.28 bits per heavy atom. The summed E-state index contributed by atoms with van der Waals surface area (Å²) in [4.78, 5) is 2.18. The van der Waals surface area contributed by atoms with E-state index in [1.165, 1.54) is 0 Å². The highest BCUT2D eigenvalue weighted by Gasteiger charge is 2.06.